The van der Waals surface area contributed by atoms with E-state index >= 15 is 0 Å². The van der Waals surface area contributed by atoms with Crippen LogP contribution in [0.4, 0.5) is 0 Å². The van der Waals surface area contributed by atoms with Gasteiger partial charge in [0.15, 0.2) is 0 Å². The molecule has 18 heteroatoms. The van der Waals surface area contributed by atoms with Crippen LogP contribution in [0, 0.1) is 23.7 Å². The molecule has 1 aromatic rings. The number of hydrogen-bond acceptors (Lipinski definition) is 11. The number of ether oxygens (including phenoxy) is 2. The summed E-state index contributed by atoms with van der Waals surface area (Å²) < 4.78 is 12.1. The summed E-state index contributed by atoms with van der Waals surface area (Å²) in [5, 5.41) is 17.1. The first kappa shape index (κ1) is 64.8. The summed E-state index contributed by atoms with van der Waals surface area (Å²) in [4.78, 5) is 102. The molecule has 1 unspecified atom stereocenters. The summed E-state index contributed by atoms with van der Waals surface area (Å²) in [5.41, 5.74) is 1.91. The molecule has 0 aliphatic carbocycles. The van der Waals surface area contributed by atoms with Crippen molar-refractivity contribution in [3.63, 3.8) is 0 Å². The predicted octanol–water partition coefficient (Wildman–Crippen LogP) is 7.34. The molecule has 1 aromatic carbocycles. The maximum atomic E-state index is 14.7. The van der Waals surface area contributed by atoms with E-state index < -0.39 is 73.4 Å². The highest BCUT2D eigenvalue weighted by molar-refractivity contribution is 8.26. The number of nitrogens with zero attached hydrogens (tertiary/aromatic N) is 4. The minimum absolute atomic E-state index is 0.0371. The standard InChI is InChI=1S/C54H90N6O10S.2CH3.Al/c1-15-34(8)48(58(12)54(68)46(32(4)5)56-52(66)47(33(6)7)57(11)43(61)26-19-18-20-27-60-45(63)31-42(71)53(60)67)41(69-13)30-44(62)59-28-22-25-40(59)50(70-14)35(9)51(65)55-36(10)49(64)39-24-21-23-38(29-39)37(16-2)17-3;;;/h21,23-24,29,32-37,40-42,46-50,64,71H,15-20,22,25-28,30-31H2,1-14H3,(H,55,65)(H,56,66);2*1H3;/q;;;+1/p-1/t34-,35+,36+,40-,41+,42?,46-,47-,48-,49+,50+;;;/m0.../s1. The van der Waals surface area contributed by atoms with E-state index in [4.69, 9.17) is 9.47 Å². The Kier molecular flexibility index (Phi) is 27.1. The summed E-state index contributed by atoms with van der Waals surface area (Å²) in [6.45, 7) is 20.2. The Labute approximate surface area is 452 Å². The Morgan fingerprint density at radius 2 is 1.50 bits per heavy atom. The Hall–Kier alpha value is -3.53. The van der Waals surface area contributed by atoms with Gasteiger partial charge in [-0.15, -0.1) is 0 Å². The van der Waals surface area contributed by atoms with E-state index in [1.165, 1.54) is 16.9 Å². The molecule has 74 heavy (non-hydrogen) atoms. The minimum Gasteiger partial charge on any atom is -0.386 e. The van der Waals surface area contributed by atoms with Crippen LogP contribution in [0.1, 0.15) is 163 Å². The molecular weight excluding hydrogens is 976 g/mol. The second-order valence-corrected chi connectivity index (χ2v) is 28.6. The fraction of sp³-hybridized carbons (Fsp3) is 0.768. The molecule has 3 rings (SSSR count). The molecule has 2 fully saturated rings. The number of likely N-dealkylation sites (N-methyl/N-ethyl adjacent to an activating group) is 2. The van der Waals surface area contributed by atoms with Gasteiger partial charge in [-0.25, -0.2) is 10.1 Å². The van der Waals surface area contributed by atoms with E-state index in [2.05, 4.69) is 42.1 Å². The highest BCUT2D eigenvalue weighted by Gasteiger charge is 2.44. The van der Waals surface area contributed by atoms with Crippen molar-refractivity contribution in [2.75, 3.05) is 41.4 Å². The van der Waals surface area contributed by atoms with Gasteiger partial charge in [-0.05, 0) is 80.2 Å². The number of carbonyl (C=O) groups excluding carboxylic acids is 7. The van der Waals surface area contributed by atoms with Crippen LogP contribution in [0.3, 0.4) is 0 Å². The first-order valence-corrected chi connectivity index (χ1v) is 32.3. The lowest BCUT2D eigenvalue weighted by Gasteiger charge is -2.41. The van der Waals surface area contributed by atoms with Gasteiger partial charge in [0.25, 0.3) is 0 Å². The van der Waals surface area contributed by atoms with Crippen molar-refractivity contribution < 1.29 is 48.1 Å². The first-order valence-electron chi connectivity index (χ1n) is 27.7. The molecule has 0 saturated carbocycles. The number of nitrogens with one attached hydrogen (secondary N) is 2. The molecule has 11 atom stereocenters. The summed E-state index contributed by atoms with van der Waals surface area (Å²) in [5.74, 6) is 1.60. The highest BCUT2D eigenvalue weighted by Crippen LogP contribution is 2.32. The van der Waals surface area contributed by atoms with Gasteiger partial charge in [0, 0.05) is 54.2 Å². The molecule has 2 aliphatic heterocycles. The van der Waals surface area contributed by atoms with E-state index in [-0.39, 0.29) is 77.7 Å². The molecule has 0 aromatic heterocycles. The van der Waals surface area contributed by atoms with Gasteiger partial charge < -0.3 is 39.9 Å². The Balaban J connectivity index is 1.69. The molecule has 3 N–H and O–H groups in total. The second kappa shape index (κ2) is 31.0. The lowest BCUT2D eigenvalue weighted by atomic mass is 9.89. The molecule has 2 saturated heterocycles. The van der Waals surface area contributed by atoms with Gasteiger partial charge in [0.1, 0.15) is 12.1 Å². The minimum atomic E-state index is -1.07. The van der Waals surface area contributed by atoms with Crippen LogP contribution in [0.25, 0.3) is 0 Å². The van der Waals surface area contributed by atoms with E-state index in [0.717, 1.165) is 30.4 Å². The van der Waals surface area contributed by atoms with Crippen LogP contribution < -0.4 is 10.6 Å². The molecule has 2 heterocycles. The number of hydrogen-bond donors (Lipinski definition) is 3. The number of rotatable bonds is 31. The lowest BCUT2D eigenvalue weighted by molar-refractivity contribution is -0.148. The fourth-order valence-electron chi connectivity index (χ4n) is 11.1. The summed E-state index contributed by atoms with van der Waals surface area (Å²) in [7, 11) is 8.03. The fourth-order valence-corrected chi connectivity index (χ4v) is 14.8. The normalized spacial score (nSPS) is 19.7. The maximum Gasteiger partial charge on any atom is 0.343 e. The van der Waals surface area contributed by atoms with Crippen LogP contribution in [0.15, 0.2) is 24.3 Å². The average Bonchev–Trinajstić information content (AvgIpc) is 3.95. The zero-order valence-electron chi connectivity index (χ0n) is 48.0. The average molecular weight is 1070 g/mol. The van der Waals surface area contributed by atoms with Crippen LogP contribution in [-0.4, -0.2) is 168 Å². The summed E-state index contributed by atoms with van der Waals surface area (Å²) >= 11 is -1.07. The number of aliphatic hydroxyl groups excluding tert-OH is 1. The Morgan fingerprint density at radius 1 is 0.851 bits per heavy atom. The maximum absolute atomic E-state index is 14.7. The number of imide groups is 1. The van der Waals surface area contributed by atoms with Crippen LogP contribution in [0.5, 0.6) is 0 Å². The molecule has 2 aliphatic rings. The highest BCUT2D eigenvalue weighted by atomic mass is 32.3. The Morgan fingerprint density at radius 3 is 2.07 bits per heavy atom. The third-order valence-corrected chi connectivity index (χ3v) is 19.5. The van der Waals surface area contributed by atoms with E-state index in [1.807, 2.05) is 59.7 Å². The van der Waals surface area contributed by atoms with Crippen molar-refractivity contribution in [3.05, 3.63) is 35.4 Å². The van der Waals surface area contributed by atoms with Crippen LogP contribution >= 0.6 is 10.1 Å². The lowest BCUT2D eigenvalue weighted by Crippen LogP contribution is -2.60. The topological polar surface area (TPSA) is 195 Å². The number of amides is 7. The van der Waals surface area contributed by atoms with Crippen molar-refractivity contribution in [3.8, 4) is 0 Å². The van der Waals surface area contributed by atoms with Gasteiger partial charge in [0.05, 0.1) is 54.0 Å². The van der Waals surface area contributed by atoms with Crippen molar-refractivity contribution >= 4 is 64.5 Å². The number of methoxy groups -OCH3 is 2. The van der Waals surface area contributed by atoms with E-state index in [0.29, 0.717) is 51.1 Å². The summed E-state index contributed by atoms with van der Waals surface area (Å²) in [6, 6.07) is 4.59. The zero-order valence-corrected chi connectivity index (χ0v) is 50.0. The van der Waals surface area contributed by atoms with Gasteiger partial charge in [0.2, 0.25) is 41.4 Å². The van der Waals surface area contributed by atoms with Crippen LogP contribution in [-0.2, 0) is 43.0 Å². The smallest absolute Gasteiger partial charge is 0.343 e. The Bertz CT molecular complexity index is 2010. The van der Waals surface area contributed by atoms with E-state index in [1.54, 1.807) is 55.0 Å². The third kappa shape index (κ3) is 17.2. The molecule has 7 amide bonds. The molecule has 418 valence electrons. The molecule has 0 bridgehead atoms. The molecular formula is C56H95AlN6O10S. The van der Waals surface area contributed by atoms with Crippen molar-refractivity contribution in [1.29, 1.82) is 0 Å². The van der Waals surface area contributed by atoms with Crippen molar-refractivity contribution in [1.82, 2.24) is 30.2 Å². The number of likely N-dealkylation sites (tertiary alicyclic amines) is 2. The number of unbranched alkanes of at least 4 members (excludes halogenated alkanes) is 2. The zero-order chi connectivity index (χ0) is 55.7. The largest absolute Gasteiger partial charge is 0.386 e. The van der Waals surface area contributed by atoms with Gasteiger partial charge >= 0.3 is 13.0 Å². The SMILES string of the molecule is CCC(CC)c1cccc([C@H](O)[C@@H](C)NC(=O)[C@H](C)[C@@H](OC)[C@@H]2CCCN2C(=O)C[C@@H](OC)[C@H]([C@@H](C)CC)N(C)C(=O)[C@@H](NC(=O)[C@H](C(C)C)N(C)C(=O)CCCCCN2C(=O)CC([S][Al]([CH3])[CH3])C2=O)C(C)C)c1. The molecule has 16 nitrogen and oxygen atoms in total. The monoisotopic (exact) mass is 1070 g/mol. The third-order valence-electron chi connectivity index (χ3n) is 15.7. The second-order valence-electron chi connectivity index (χ2n) is 22.0. The molecule has 0 spiro atoms. The summed E-state index contributed by atoms with van der Waals surface area (Å²) in [6.07, 6.45) is 3.91. The number of carbonyl (C=O) groups is 7. The van der Waals surface area contributed by atoms with Crippen molar-refractivity contribution in [2.45, 2.75) is 211 Å². The quantitative estimate of drug-likeness (QED) is 0.0383. The van der Waals surface area contributed by atoms with Gasteiger partial charge in [-0.2, -0.15) is 0 Å². The number of aliphatic hydroxyl groups is 1. The van der Waals surface area contributed by atoms with E-state index in [9.17, 15) is 38.7 Å². The van der Waals surface area contributed by atoms with Gasteiger partial charge in [-0.1, -0.05) is 111 Å². The van der Waals surface area contributed by atoms with Gasteiger partial charge in [-0.3, -0.25) is 38.5 Å². The number of benzene rings is 1. The first-order chi connectivity index (χ1) is 34.9. The van der Waals surface area contributed by atoms with Crippen molar-refractivity contribution in [2.24, 2.45) is 23.7 Å². The predicted molar refractivity (Wildman–Crippen MR) is 295 cm³/mol. The molecule has 0 radical (unpaired) electrons. The van der Waals surface area contributed by atoms with Crippen LogP contribution in [0.2, 0.25) is 11.6 Å².